The van der Waals surface area contributed by atoms with Crippen molar-refractivity contribution in [3.05, 3.63) is 11.7 Å². The maximum absolute atomic E-state index is 11.5. The quantitative estimate of drug-likeness (QED) is 0.353. The largest absolute Gasteiger partial charge is 0.480 e. The standard InChI is InChI=1S/C10H17N5O6.C2H6/c1-4(17)7(9(18)19)14-10(20)12-2-6-13-8(15-21-6)5(11)3-16;1-2/h4-5,7,16-17H,2-3,11H2,1H3,(H,18,19)(H2,12,14,20);1-2H3. The van der Waals surface area contributed by atoms with Crippen LogP contribution in [-0.4, -0.2) is 56.2 Å². The molecule has 1 aromatic heterocycles. The molecule has 3 atom stereocenters. The van der Waals surface area contributed by atoms with Crippen LogP contribution in [0.15, 0.2) is 4.52 Å². The fraction of sp³-hybridized carbons (Fsp3) is 0.667. The summed E-state index contributed by atoms with van der Waals surface area (Å²) >= 11 is 0. The van der Waals surface area contributed by atoms with Gasteiger partial charge in [0.15, 0.2) is 11.9 Å². The third-order valence-electron chi connectivity index (χ3n) is 2.45. The molecule has 132 valence electrons. The van der Waals surface area contributed by atoms with E-state index in [0.717, 1.165) is 0 Å². The summed E-state index contributed by atoms with van der Waals surface area (Å²) in [5.41, 5.74) is 5.47. The summed E-state index contributed by atoms with van der Waals surface area (Å²) in [5.74, 6) is -1.25. The molecule has 0 spiro atoms. The van der Waals surface area contributed by atoms with Crippen LogP contribution in [0.4, 0.5) is 4.79 Å². The Kier molecular flexibility index (Phi) is 9.46. The van der Waals surface area contributed by atoms with Crippen molar-refractivity contribution in [2.45, 2.75) is 45.5 Å². The maximum atomic E-state index is 11.5. The molecule has 0 aliphatic heterocycles. The summed E-state index contributed by atoms with van der Waals surface area (Å²) in [5, 5.41) is 34.7. The average Bonchev–Trinajstić information content (AvgIpc) is 3.00. The van der Waals surface area contributed by atoms with E-state index in [1.807, 2.05) is 13.8 Å². The van der Waals surface area contributed by atoms with Crippen LogP contribution in [0.25, 0.3) is 0 Å². The number of hydrogen-bond acceptors (Lipinski definition) is 8. The van der Waals surface area contributed by atoms with E-state index in [1.165, 1.54) is 6.92 Å². The molecular weight excluding hydrogens is 310 g/mol. The summed E-state index contributed by atoms with van der Waals surface area (Å²) in [6, 6.07) is -3.05. The van der Waals surface area contributed by atoms with Gasteiger partial charge in [0.2, 0.25) is 5.89 Å². The Morgan fingerprint density at radius 2 is 2.00 bits per heavy atom. The smallest absolute Gasteiger partial charge is 0.328 e. The lowest BCUT2D eigenvalue weighted by molar-refractivity contribution is -0.141. The van der Waals surface area contributed by atoms with Crippen LogP contribution < -0.4 is 16.4 Å². The van der Waals surface area contributed by atoms with E-state index in [1.54, 1.807) is 0 Å². The fourth-order valence-corrected chi connectivity index (χ4v) is 1.31. The first-order valence-electron chi connectivity index (χ1n) is 6.99. The molecule has 11 nitrogen and oxygen atoms in total. The van der Waals surface area contributed by atoms with Crippen molar-refractivity contribution in [3.63, 3.8) is 0 Å². The monoisotopic (exact) mass is 333 g/mol. The number of amides is 2. The molecule has 0 saturated carbocycles. The van der Waals surface area contributed by atoms with Crippen LogP contribution in [0.1, 0.15) is 38.5 Å². The number of nitrogens with zero attached hydrogens (tertiary/aromatic N) is 2. The van der Waals surface area contributed by atoms with Crippen LogP contribution in [0, 0.1) is 0 Å². The van der Waals surface area contributed by atoms with Gasteiger partial charge in [-0.1, -0.05) is 19.0 Å². The van der Waals surface area contributed by atoms with Gasteiger partial charge < -0.3 is 36.2 Å². The number of nitrogens with two attached hydrogens (primary N) is 1. The Balaban J connectivity index is 0.00000232. The number of aromatic nitrogens is 2. The molecule has 0 radical (unpaired) electrons. The number of carboxylic acid groups (broad SMARTS) is 1. The van der Waals surface area contributed by atoms with Gasteiger partial charge in [0.05, 0.1) is 25.3 Å². The van der Waals surface area contributed by atoms with Gasteiger partial charge in [-0.25, -0.2) is 9.59 Å². The van der Waals surface area contributed by atoms with Crippen LogP contribution in [0.2, 0.25) is 0 Å². The van der Waals surface area contributed by atoms with E-state index in [-0.39, 0.29) is 24.9 Å². The molecule has 0 aliphatic carbocycles. The molecule has 0 saturated heterocycles. The third kappa shape index (κ3) is 7.04. The summed E-state index contributed by atoms with van der Waals surface area (Å²) in [7, 11) is 0. The maximum Gasteiger partial charge on any atom is 0.328 e. The number of carbonyl (C=O) groups is 2. The Labute approximate surface area is 132 Å². The van der Waals surface area contributed by atoms with Crippen molar-refractivity contribution in [1.82, 2.24) is 20.8 Å². The molecule has 0 aliphatic rings. The molecule has 1 aromatic rings. The minimum Gasteiger partial charge on any atom is -0.480 e. The van der Waals surface area contributed by atoms with E-state index in [2.05, 4.69) is 20.8 Å². The zero-order valence-corrected chi connectivity index (χ0v) is 13.2. The van der Waals surface area contributed by atoms with E-state index in [0.29, 0.717) is 0 Å². The fourth-order valence-electron chi connectivity index (χ4n) is 1.31. The Morgan fingerprint density at radius 1 is 1.39 bits per heavy atom. The SMILES string of the molecule is CC.CC(O)C(NC(=O)NCc1nc(C(N)CO)no1)C(=O)O. The van der Waals surface area contributed by atoms with Crippen molar-refractivity contribution in [2.75, 3.05) is 6.61 Å². The number of nitrogens with one attached hydrogen (secondary N) is 2. The molecule has 7 N–H and O–H groups in total. The van der Waals surface area contributed by atoms with Crippen molar-refractivity contribution in [3.8, 4) is 0 Å². The zero-order valence-electron chi connectivity index (χ0n) is 13.2. The third-order valence-corrected chi connectivity index (χ3v) is 2.45. The second-order valence-corrected chi connectivity index (χ2v) is 4.22. The van der Waals surface area contributed by atoms with Gasteiger partial charge in [-0.15, -0.1) is 0 Å². The molecule has 11 heteroatoms. The number of carboxylic acids is 1. The minimum atomic E-state index is -1.44. The predicted octanol–water partition coefficient (Wildman–Crippen LogP) is -1.28. The van der Waals surface area contributed by atoms with Crippen LogP contribution in [0.5, 0.6) is 0 Å². The van der Waals surface area contributed by atoms with Crippen molar-refractivity contribution < 1.29 is 29.4 Å². The number of urea groups is 1. The van der Waals surface area contributed by atoms with Gasteiger partial charge in [-0.2, -0.15) is 4.98 Å². The highest BCUT2D eigenvalue weighted by atomic mass is 16.5. The van der Waals surface area contributed by atoms with Gasteiger partial charge in [0.1, 0.15) is 0 Å². The predicted molar refractivity (Wildman–Crippen MR) is 78.1 cm³/mol. The lowest BCUT2D eigenvalue weighted by Crippen LogP contribution is -2.51. The number of hydrogen-bond donors (Lipinski definition) is 6. The highest BCUT2D eigenvalue weighted by Gasteiger charge is 2.25. The molecular formula is C12H23N5O6. The molecule has 3 unspecified atom stereocenters. The average molecular weight is 333 g/mol. The summed E-state index contributed by atoms with van der Waals surface area (Å²) in [4.78, 5) is 26.1. The van der Waals surface area contributed by atoms with Crippen LogP contribution in [-0.2, 0) is 11.3 Å². The minimum absolute atomic E-state index is 0.0352. The molecule has 2 amide bonds. The number of rotatable bonds is 7. The summed E-state index contributed by atoms with van der Waals surface area (Å²) in [6.45, 7) is 4.71. The molecule has 23 heavy (non-hydrogen) atoms. The van der Waals surface area contributed by atoms with Crippen molar-refractivity contribution >= 4 is 12.0 Å². The van der Waals surface area contributed by atoms with Crippen molar-refractivity contribution in [1.29, 1.82) is 0 Å². The molecule has 1 heterocycles. The van der Waals surface area contributed by atoms with E-state index in [9.17, 15) is 14.7 Å². The number of aliphatic hydroxyl groups excluding tert-OH is 2. The number of carbonyl (C=O) groups excluding carboxylic acids is 1. The summed E-state index contributed by atoms with van der Waals surface area (Å²) in [6.07, 6.45) is -1.26. The van der Waals surface area contributed by atoms with Crippen LogP contribution in [0.3, 0.4) is 0 Å². The van der Waals surface area contributed by atoms with Gasteiger partial charge in [0.25, 0.3) is 0 Å². The zero-order chi connectivity index (χ0) is 18.0. The van der Waals surface area contributed by atoms with Crippen molar-refractivity contribution in [2.24, 2.45) is 5.73 Å². The molecule has 0 fully saturated rings. The van der Waals surface area contributed by atoms with Gasteiger partial charge in [-0.3, -0.25) is 0 Å². The lowest BCUT2D eigenvalue weighted by Gasteiger charge is -2.16. The molecule has 0 bridgehead atoms. The number of aliphatic carboxylic acids is 1. The van der Waals surface area contributed by atoms with Gasteiger partial charge >= 0.3 is 12.0 Å². The van der Waals surface area contributed by atoms with E-state index in [4.69, 9.17) is 20.5 Å². The lowest BCUT2D eigenvalue weighted by atomic mass is 10.2. The Hall–Kier alpha value is -2.24. The first-order valence-corrected chi connectivity index (χ1v) is 6.99. The Morgan fingerprint density at radius 3 is 2.48 bits per heavy atom. The second-order valence-electron chi connectivity index (χ2n) is 4.22. The van der Waals surface area contributed by atoms with Crippen LogP contribution >= 0.6 is 0 Å². The number of aliphatic hydroxyl groups is 2. The van der Waals surface area contributed by atoms with Gasteiger partial charge in [0, 0.05) is 0 Å². The molecule has 1 rings (SSSR count). The molecule has 0 aromatic carbocycles. The highest BCUT2D eigenvalue weighted by molar-refractivity contribution is 5.82. The summed E-state index contributed by atoms with van der Waals surface area (Å²) < 4.78 is 4.78. The van der Waals surface area contributed by atoms with E-state index >= 15 is 0 Å². The normalized spacial score (nSPS) is 14.0. The Bertz CT molecular complexity index is 492. The van der Waals surface area contributed by atoms with Gasteiger partial charge in [-0.05, 0) is 6.92 Å². The first kappa shape index (κ1) is 20.8. The highest BCUT2D eigenvalue weighted by Crippen LogP contribution is 2.04. The topological polar surface area (TPSA) is 184 Å². The van der Waals surface area contributed by atoms with E-state index < -0.39 is 30.2 Å². The first-order chi connectivity index (χ1) is 10.8. The second kappa shape index (κ2) is 10.5.